The van der Waals surface area contributed by atoms with Gasteiger partial charge in [0.05, 0.1) is 12.2 Å². The van der Waals surface area contributed by atoms with Gasteiger partial charge >= 0.3 is 12.0 Å². The number of rotatable bonds is 8. The highest BCUT2D eigenvalue weighted by Crippen LogP contribution is 2.05. The zero-order chi connectivity index (χ0) is 14.8. The van der Waals surface area contributed by atoms with E-state index in [4.69, 9.17) is 5.11 Å². The molecule has 0 atom stereocenters. The Kier molecular flexibility index (Phi) is 7.10. The lowest BCUT2D eigenvalue weighted by Crippen LogP contribution is -2.36. The Morgan fingerprint density at radius 3 is 2.80 bits per heavy atom. The van der Waals surface area contributed by atoms with Crippen LogP contribution in [0.2, 0.25) is 0 Å². The van der Waals surface area contributed by atoms with Crippen molar-refractivity contribution < 1.29 is 14.7 Å². The lowest BCUT2D eigenvalue weighted by atomic mass is 10.1. The number of aromatic nitrogens is 1. The van der Waals surface area contributed by atoms with Gasteiger partial charge in [0, 0.05) is 19.2 Å². The molecule has 0 aliphatic carbocycles. The second-order valence-electron chi connectivity index (χ2n) is 4.42. The van der Waals surface area contributed by atoms with Gasteiger partial charge in [0.15, 0.2) is 0 Å². The zero-order valence-corrected chi connectivity index (χ0v) is 11.7. The first-order chi connectivity index (χ1) is 9.63. The maximum Gasteiger partial charge on any atom is 0.315 e. The first kappa shape index (κ1) is 15.9. The standard InChI is InChI=1S/C14H21N3O3/c1-2-11-6-5-9-15-12(11)10-17-14(20)16-8-4-3-7-13(18)19/h5-6,9H,2-4,7-8,10H2,1H3,(H,18,19)(H2,16,17,20). The van der Waals surface area contributed by atoms with Crippen LogP contribution in [-0.2, 0) is 17.8 Å². The minimum absolute atomic E-state index is 0.136. The minimum atomic E-state index is -0.809. The van der Waals surface area contributed by atoms with Crippen molar-refractivity contribution in [2.75, 3.05) is 6.54 Å². The topological polar surface area (TPSA) is 91.3 Å². The van der Waals surface area contributed by atoms with Crippen LogP contribution in [0.1, 0.15) is 37.4 Å². The zero-order valence-electron chi connectivity index (χ0n) is 11.7. The van der Waals surface area contributed by atoms with Gasteiger partial charge in [-0.05, 0) is 30.9 Å². The Bertz CT molecular complexity index is 449. The Balaban J connectivity index is 2.21. The molecule has 110 valence electrons. The Hall–Kier alpha value is -2.11. The SMILES string of the molecule is CCc1cccnc1CNC(=O)NCCCCC(=O)O. The van der Waals surface area contributed by atoms with Crippen molar-refractivity contribution in [3.8, 4) is 0 Å². The maximum absolute atomic E-state index is 11.5. The van der Waals surface area contributed by atoms with Crippen LogP contribution in [0.25, 0.3) is 0 Å². The summed E-state index contributed by atoms with van der Waals surface area (Å²) in [5.41, 5.74) is 1.99. The molecular weight excluding hydrogens is 258 g/mol. The summed E-state index contributed by atoms with van der Waals surface area (Å²) < 4.78 is 0. The molecule has 2 amide bonds. The van der Waals surface area contributed by atoms with Crippen LogP contribution in [-0.4, -0.2) is 28.6 Å². The van der Waals surface area contributed by atoms with E-state index >= 15 is 0 Å². The van der Waals surface area contributed by atoms with Gasteiger partial charge in [-0.1, -0.05) is 13.0 Å². The summed E-state index contributed by atoms with van der Waals surface area (Å²) in [4.78, 5) is 26.1. The van der Waals surface area contributed by atoms with E-state index in [2.05, 4.69) is 15.6 Å². The number of carbonyl (C=O) groups excluding carboxylic acids is 1. The number of carboxylic acids is 1. The van der Waals surface area contributed by atoms with Crippen molar-refractivity contribution in [3.63, 3.8) is 0 Å². The van der Waals surface area contributed by atoms with Crippen molar-refractivity contribution in [1.82, 2.24) is 15.6 Å². The predicted octanol–water partition coefficient (Wildman–Crippen LogP) is 1.70. The van der Waals surface area contributed by atoms with Gasteiger partial charge in [-0.2, -0.15) is 0 Å². The summed E-state index contributed by atoms with van der Waals surface area (Å²) in [6.07, 6.45) is 3.94. The van der Waals surface area contributed by atoms with Crippen molar-refractivity contribution in [2.24, 2.45) is 0 Å². The number of carboxylic acid groups (broad SMARTS) is 1. The molecule has 0 bridgehead atoms. The van der Waals surface area contributed by atoms with E-state index in [1.807, 2.05) is 19.1 Å². The number of aryl methyl sites for hydroxylation is 1. The third kappa shape index (κ3) is 6.17. The Morgan fingerprint density at radius 1 is 1.30 bits per heavy atom. The third-order valence-corrected chi connectivity index (χ3v) is 2.88. The molecule has 1 rings (SSSR count). The first-order valence-electron chi connectivity index (χ1n) is 6.79. The molecule has 0 radical (unpaired) electrons. The van der Waals surface area contributed by atoms with Gasteiger partial charge < -0.3 is 15.7 Å². The number of urea groups is 1. The summed E-state index contributed by atoms with van der Waals surface area (Å²) >= 11 is 0. The number of amides is 2. The molecule has 0 unspecified atom stereocenters. The first-order valence-corrected chi connectivity index (χ1v) is 6.79. The Labute approximate surface area is 118 Å². The van der Waals surface area contributed by atoms with E-state index in [0.29, 0.717) is 25.9 Å². The number of carbonyl (C=O) groups is 2. The molecule has 20 heavy (non-hydrogen) atoms. The fraction of sp³-hybridized carbons (Fsp3) is 0.500. The highest BCUT2D eigenvalue weighted by molar-refractivity contribution is 5.73. The molecular formula is C14H21N3O3. The average molecular weight is 279 g/mol. The second kappa shape index (κ2) is 8.90. The molecule has 6 nitrogen and oxygen atoms in total. The van der Waals surface area contributed by atoms with E-state index in [1.165, 1.54) is 0 Å². The quantitative estimate of drug-likeness (QED) is 0.632. The van der Waals surface area contributed by atoms with E-state index in [9.17, 15) is 9.59 Å². The van der Waals surface area contributed by atoms with E-state index < -0.39 is 5.97 Å². The lowest BCUT2D eigenvalue weighted by molar-refractivity contribution is -0.137. The van der Waals surface area contributed by atoms with E-state index in [1.54, 1.807) is 6.20 Å². The normalized spacial score (nSPS) is 10.1. The largest absolute Gasteiger partial charge is 0.481 e. The number of hydrogen-bond donors (Lipinski definition) is 3. The third-order valence-electron chi connectivity index (χ3n) is 2.88. The monoisotopic (exact) mass is 279 g/mol. The van der Waals surface area contributed by atoms with Crippen molar-refractivity contribution in [1.29, 1.82) is 0 Å². The molecule has 3 N–H and O–H groups in total. The summed E-state index contributed by atoms with van der Waals surface area (Å²) in [6, 6.07) is 3.62. The van der Waals surface area contributed by atoms with Crippen LogP contribution in [0, 0.1) is 0 Å². The number of aliphatic carboxylic acids is 1. The molecule has 0 aromatic carbocycles. The summed E-state index contributed by atoms with van der Waals surface area (Å²) in [7, 11) is 0. The molecule has 0 aliphatic heterocycles. The van der Waals surface area contributed by atoms with Gasteiger partial charge in [0.25, 0.3) is 0 Å². The summed E-state index contributed by atoms with van der Waals surface area (Å²) in [5, 5.41) is 13.9. The van der Waals surface area contributed by atoms with Crippen LogP contribution in [0.15, 0.2) is 18.3 Å². The van der Waals surface area contributed by atoms with Crippen LogP contribution >= 0.6 is 0 Å². The smallest absolute Gasteiger partial charge is 0.315 e. The molecule has 0 fully saturated rings. The highest BCUT2D eigenvalue weighted by atomic mass is 16.4. The average Bonchev–Trinajstić information content (AvgIpc) is 2.44. The molecule has 0 aliphatic rings. The van der Waals surface area contributed by atoms with Gasteiger partial charge in [0.1, 0.15) is 0 Å². The molecule has 0 spiro atoms. The van der Waals surface area contributed by atoms with Crippen molar-refractivity contribution >= 4 is 12.0 Å². The number of nitrogens with one attached hydrogen (secondary N) is 2. The fourth-order valence-electron chi connectivity index (χ4n) is 1.78. The van der Waals surface area contributed by atoms with Gasteiger partial charge in [0.2, 0.25) is 0 Å². The van der Waals surface area contributed by atoms with Crippen LogP contribution in [0.5, 0.6) is 0 Å². The summed E-state index contributed by atoms with van der Waals surface area (Å²) in [5.74, 6) is -0.809. The number of hydrogen-bond acceptors (Lipinski definition) is 3. The lowest BCUT2D eigenvalue weighted by Gasteiger charge is -2.09. The summed E-state index contributed by atoms with van der Waals surface area (Å²) in [6.45, 7) is 2.91. The fourth-order valence-corrected chi connectivity index (χ4v) is 1.78. The molecule has 1 heterocycles. The second-order valence-corrected chi connectivity index (χ2v) is 4.42. The van der Waals surface area contributed by atoms with E-state index in [0.717, 1.165) is 17.7 Å². The van der Waals surface area contributed by atoms with Crippen LogP contribution in [0.4, 0.5) is 4.79 Å². The number of pyridine rings is 1. The molecule has 6 heteroatoms. The van der Waals surface area contributed by atoms with Gasteiger partial charge in [-0.3, -0.25) is 9.78 Å². The van der Waals surface area contributed by atoms with E-state index in [-0.39, 0.29) is 12.5 Å². The molecule has 0 saturated carbocycles. The molecule has 0 saturated heterocycles. The predicted molar refractivity (Wildman–Crippen MR) is 75.3 cm³/mol. The van der Waals surface area contributed by atoms with Crippen molar-refractivity contribution in [2.45, 2.75) is 39.2 Å². The molecule has 1 aromatic rings. The van der Waals surface area contributed by atoms with Crippen molar-refractivity contribution in [3.05, 3.63) is 29.6 Å². The number of nitrogens with zero attached hydrogens (tertiary/aromatic N) is 1. The Morgan fingerprint density at radius 2 is 2.10 bits per heavy atom. The minimum Gasteiger partial charge on any atom is -0.481 e. The van der Waals surface area contributed by atoms with Gasteiger partial charge in [-0.15, -0.1) is 0 Å². The number of unbranched alkanes of at least 4 members (excludes halogenated alkanes) is 1. The highest BCUT2D eigenvalue weighted by Gasteiger charge is 2.04. The maximum atomic E-state index is 11.5. The van der Waals surface area contributed by atoms with Crippen LogP contribution in [0.3, 0.4) is 0 Å². The van der Waals surface area contributed by atoms with Gasteiger partial charge in [-0.25, -0.2) is 4.79 Å². The molecule has 1 aromatic heterocycles. The van der Waals surface area contributed by atoms with Crippen LogP contribution < -0.4 is 10.6 Å².